The molecule has 1 amide bonds. The zero-order chi connectivity index (χ0) is 16.6. The molecule has 0 saturated carbocycles. The summed E-state index contributed by atoms with van der Waals surface area (Å²) >= 11 is 0. The highest BCUT2D eigenvalue weighted by atomic mass is 19.1. The summed E-state index contributed by atoms with van der Waals surface area (Å²) < 4.78 is 18.4. The second-order valence-electron chi connectivity index (χ2n) is 6.25. The number of nitrogens with one attached hydrogen (secondary N) is 2. The molecule has 0 saturated heterocycles. The molecule has 0 aliphatic heterocycles. The molecule has 1 aromatic carbocycles. The van der Waals surface area contributed by atoms with Gasteiger partial charge in [0.1, 0.15) is 12.1 Å². The van der Waals surface area contributed by atoms with Crippen molar-refractivity contribution in [2.45, 2.75) is 26.2 Å². The predicted octanol–water partition coefficient (Wildman–Crippen LogP) is 3.31. The van der Waals surface area contributed by atoms with Crippen LogP contribution in [-0.4, -0.2) is 22.4 Å². The molecule has 0 aliphatic carbocycles. The van der Waals surface area contributed by atoms with Crippen molar-refractivity contribution in [2.75, 3.05) is 6.54 Å². The number of aryl methyl sites for hydroxylation is 1. The van der Waals surface area contributed by atoms with E-state index in [1.165, 1.54) is 18.4 Å². The molecule has 6 heteroatoms. The van der Waals surface area contributed by atoms with Crippen molar-refractivity contribution in [3.63, 3.8) is 0 Å². The summed E-state index contributed by atoms with van der Waals surface area (Å²) in [7, 11) is 0. The van der Waals surface area contributed by atoms with Crippen LogP contribution in [0.2, 0.25) is 0 Å². The van der Waals surface area contributed by atoms with Crippen LogP contribution in [0.1, 0.15) is 35.8 Å². The quantitative estimate of drug-likeness (QED) is 0.776. The van der Waals surface area contributed by atoms with Crippen molar-refractivity contribution in [3.05, 3.63) is 53.6 Å². The third-order valence-corrected chi connectivity index (χ3v) is 3.88. The van der Waals surface area contributed by atoms with E-state index in [2.05, 4.69) is 15.3 Å². The fourth-order valence-electron chi connectivity index (χ4n) is 2.59. The maximum absolute atomic E-state index is 13.3. The van der Waals surface area contributed by atoms with E-state index in [0.29, 0.717) is 12.2 Å². The van der Waals surface area contributed by atoms with E-state index in [9.17, 15) is 9.18 Å². The Labute approximate surface area is 132 Å². The van der Waals surface area contributed by atoms with Crippen molar-refractivity contribution < 1.29 is 13.6 Å². The maximum atomic E-state index is 13.3. The molecule has 3 aromatic rings. The molecule has 0 bridgehead atoms. The van der Waals surface area contributed by atoms with Gasteiger partial charge in [0, 0.05) is 29.1 Å². The lowest BCUT2D eigenvalue weighted by Gasteiger charge is -2.24. The highest BCUT2D eigenvalue weighted by Gasteiger charge is 2.26. The van der Waals surface area contributed by atoms with Crippen LogP contribution in [0.5, 0.6) is 0 Å². The summed E-state index contributed by atoms with van der Waals surface area (Å²) in [4.78, 5) is 19.1. The molecule has 3 rings (SSSR count). The van der Waals surface area contributed by atoms with Crippen molar-refractivity contribution in [3.8, 4) is 0 Å². The predicted molar refractivity (Wildman–Crippen MR) is 84.9 cm³/mol. The molecule has 120 valence electrons. The number of aromatic amines is 1. The normalized spacial score (nSPS) is 11.8. The van der Waals surface area contributed by atoms with Crippen LogP contribution in [0, 0.1) is 12.7 Å². The molecule has 0 atom stereocenters. The number of fused-ring (bicyclic) bond motifs is 1. The van der Waals surface area contributed by atoms with E-state index in [-0.39, 0.29) is 23.0 Å². The lowest BCUT2D eigenvalue weighted by Crippen LogP contribution is -2.36. The molecular formula is C17H18FN3O2. The highest BCUT2D eigenvalue weighted by Crippen LogP contribution is 2.30. The summed E-state index contributed by atoms with van der Waals surface area (Å²) in [6, 6.07) is 4.64. The van der Waals surface area contributed by atoms with Crippen LogP contribution in [0.25, 0.3) is 10.9 Å². The van der Waals surface area contributed by atoms with Crippen molar-refractivity contribution in [2.24, 2.45) is 0 Å². The minimum absolute atomic E-state index is 0.0549. The number of hydrogen-bond donors (Lipinski definition) is 2. The van der Waals surface area contributed by atoms with Gasteiger partial charge < -0.3 is 14.7 Å². The number of aromatic nitrogens is 2. The first-order valence-corrected chi connectivity index (χ1v) is 7.34. The number of carbonyl (C=O) groups is 1. The van der Waals surface area contributed by atoms with Gasteiger partial charge >= 0.3 is 5.91 Å². The van der Waals surface area contributed by atoms with E-state index < -0.39 is 0 Å². The molecule has 2 heterocycles. The third kappa shape index (κ3) is 2.97. The zero-order valence-corrected chi connectivity index (χ0v) is 13.2. The average Bonchev–Trinajstić information content (AvgIpc) is 3.11. The van der Waals surface area contributed by atoms with Gasteiger partial charge in [0.05, 0.1) is 5.69 Å². The molecule has 0 fully saturated rings. The Kier molecular flexibility index (Phi) is 3.67. The number of carbonyl (C=O) groups excluding carboxylic acids is 1. The van der Waals surface area contributed by atoms with E-state index in [1.807, 2.05) is 20.0 Å². The van der Waals surface area contributed by atoms with Gasteiger partial charge in [-0.3, -0.25) is 4.79 Å². The first-order valence-electron chi connectivity index (χ1n) is 7.34. The second-order valence-corrected chi connectivity index (χ2v) is 6.25. The summed E-state index contributed by atoms with van der Waals surface area (Å²) in [5.41, 5.74) is 2.07. The molecule has 0 radical (unpaired) electrons. The summed E-state index contributed by atoms with van der Waals surface area (Å²) in [6.45, 7) is 6.19. The average molecular weight is 315 g/mol. The molecule has 0 unspecified atom stereocenters. The summed E-state index contributed by atoms with van der Waals surface area (Å²) in [6.07, 6.45) is 3.29. The Balaban J connectivity index is 1.79. The van der Waals surface area contributed by atoms with Gasteiger partial charge in [-0.15, -0.1) is 0 Å². The number of oxazole rings is 1. The smallest absolute Gasteiger partial charge is 0.307 e. The number of benzene rings is 1. The second kappa shape index (κ2) is 5.53. The van der Waals surface area contributed by atoms with Gasteiger partial charge in [0.2, 0.25) is 0 Å². The van der Waals surface area contributed by atoms with Gasteiger partial charge in [-0.25, -0.2) is 9.37 Å². The van der Waals surface area contributed by atoms with E-state index in [1.54, 1.807) is 13.0 Å². The Morgan fingerprint density at radius 1 is 1.43 bits per heavy atom. The molecule has 0 spiro atoms. The molecule has 0 aliphatic rings. The Morgan fingerprint density at radius 3 is 2.91 bits per heavy atom. The van der Waals surface area contributed by atoms with Crippen molar-refractivity contribution in [1.82, 2.24) is 15.3 Å². The van der Waals surface area contributed by atoms with Crippen LogP contribution >= 0.6 is 0 Å². The molecule has 2 N–H and O–H groups in total. The summed E-state index contributed by atoms with van der Waals surface area (Å²) in [5.74, 6) is -0.576. The Morgan fingerprint density at radius 2 is 2.22 bits per heavy atom. The first kappa shape index (κ1) is 15.3. The lowest BCUT2D eigenvalue weighted by molar-refractivity contribution is 0.0911. The van der Waals surface area contributed by atoms with E-state index >= 15 is 0 Å². The minimum Gasteiger partial charge on any atom is -0.441 e. The van der Waals surface area contributed by atoms with E-state index in [0.717, 1.165) is 16.5 Å². The van der Waals surface area contributed by atoms with Crippen molar-refractivity contribution in [1.29, 1.82) is 0 Å². The highest BCUT2D eigenvalue weighted by molar-refractivity contribution is 5.90. The molecular weight excluding hydrogens is 297 g/mol. The number of amides is 1. The SMILES string of the molecule is Cc1coc(C(=O)NCC(C)(C)c2c[nH]c3cc(F)ccc23)n1. The van der Waals surface area contributed by atoms with Gasteiger partial charge in [-0.2, -0.15) is 0 Å². The lowest BCUT2D eigenvalue weighted by atomic mass is 9.84. The Bertz CT molecular complexity index is 864. The topological polar surface area (TPSA) is 70.9 Å². The van der Waals surface area contributed by atoms with Crippen molar-refractivity contribution >= 4 is 16.8 Å². The van der Waals surface area contributed by atoms with Crippen LogP contribution in [0.3, 0.4) is 0 Å². The van der Waals surface area contributed by atoms with Gasteiger partial charge in [-0.1, -0.05) is 13.8 Å². The number of hydrogen-bond acceptors (Lipinski definition) is 3. The van der Waals surface area contributed by atoms with Crippen LogP contribution in [0.15, 0.2) is 35.1 Å². The molecule has 2 aromatic heterocycles. The van der Waals surface area contributed by atoms with E-state index in [4.69, 9.17) is 4.42 Å². The monoisotopic (exact) mass is 315 g/mol. The zero-order valence-electron chi connectivity index (χ0n) is 13.2. The van der Waals surface area contributed by atoms with Gasteiger partial charge in [-0.05, 0) is 30.7 Å². The fourth-order valence-corrected chi connectivity index (χ4v) is 2.59. The van der Waals surface area contributed by atoms with Crippen LogP contribution in [0.4, 0.5) is 4.39 Å². The van der Waals surface area contributed by atoms with Crippen LogP contribution < -0.4 is 5.32 Å². The number of H-pyrrole nitrogens is 1. The van der Waals surface area contributed by atoms with Crippen LogP contribution in [-0.2, 0) is 5.41 Å². The first-order chi connectivity index (χ1) is 10.9. The standard InChI is InChI=1S/C17H18FN3O2/c1-10-8-23-16(21-10)15(22)20-9-17(2,3)13-7-19-14-6-11(18)4-5-12(13)14/h4-8,19H,9H2,1-3H3,(H,20,22). The van der Waals surface area contributed by atoms with Gasteiger partial charge in [0.25, 0.3) is 5.89 Å². The fraction of sp³-hybridized carbons (Fsp3) is 0.294. The maximum Gasteiger partial charge on any atom is 0.307 e. The Hall–Kier alpha value is -2.63. The molecule has 23 heavy (non-hydrogen) atoms. The number of nitrogens with zero attached hydrogens (tertiary/aromatic N) is 1. The third-order valence-electron chi connectivity index (χ3n) is 3.88. The number of halogens is 1. The summed E-state index contributed by atoms with van der Waals surface area (Å²) in [5, 5.41) is 3.78. The number of rotatable bonds is 4. The minimum atomic E-state index is -0.350. The molecule has 5 nitrogen and oxygen atoms in total. The largest absolute Gasteiger partial charge is 0.441 e. The van der Waals surface area contributed by atoms with Gasteiger partial charge in [0.15, 0.2) is 0 Å².